The molecule has 0 unspecified atom stereocenters. The van der Waals surface area contributed by atoms with Crippen LogP contribution in [0.4, 0.5) is 0 Å². The molecule has 0 bridgehead atoms. The standard InChI is InChI=1S/C15H22O4.C11H14O4/c1-2-3-4-5-6-7-10-19-12-8-9-14(16)13(11-12)15(17)18;1-2-3-6-15-8-4-5-10(12)9(7-8)11(13)14/h8-9,11,16H,2-7,10H2,1H3,(H,17,18);4-5,7,12H,2-3,6H2,1H3,(H,13,14). The summed E-state index contributed by atoms with van der Waals surface area (Å²) in [6.45, 7) is 5.37. The minimum absolute atomic E-state index is 0.125. The van der Waals surface area contributed by atoms with E-state index in [1.54, 1.807) is 12.1 Å². The minimum Gasteiger partial charge on any atom is -0.507 e. The second-order valence-electron chi connectivity index (χ2n) is 7.79. The van der Waals surface area contributed by atoms with Gasteiger partial charge in [0.25, 0.3) is 0 Å². The fraction of sp³-hybridized carbons (Fsp3) is 0.462. The Morgan fingerprint density at radius 3 is 1.50 bits per heavy atom. The summed E-state index contributed by atoms with van der Waals surface area (Å²) in [6.07, 6.45) is 9.03. The van der Waals surface area contributed by atoms with Gasteiger partial charge in [-0.1, -0.05) is 52.4 Å². The Labute approximate surface area is 200 Å². The average Bonchev–Trinajstić information content (AvgIpc) is 2.81. The fourth-order valence-electron chi connectivity index (χ4n) is 2.96. The van der Waals surface area contributed by atoms with Crippen LogP contribution in [0.25, 0.3) is 0 Å². The van der Waals surface area contributed by atoms with E-state index < -0.39 is 11.9 Å². The number of hydrogen-bond acceptors (Lipinski definition) is 6. The highest BCUT2D eigenvalue weighted by molar-refractivity contribution is 5.91. The van der Waals surface area contributed by atoms with Crippen LogP contribution >= 0.6 is 0 Å². The van der Waals surface area contributed by atoms with Gasteiger partial charge in [0.2, 0.25) is 0 Å². The summed E-state index contributed by atoms with van der Waals surface area (Å²) in [4.78, 5) is 21.5. The summed E-state index contributed by atoms with van der Waals surface area (Å²) in [5.74, 6) is -1.83. The van der Waals surface area contributed by atoms with Crippen LogP contribution in [-0.2, 0) is 0 Å². The third-order valence-electron chi connectivity index (χ3n) is 4.93. The van der Waals surface area contributed by atoms with Crippen molar-refractivity contribution in [3.63, 3.8) is 0 Å². The summed E-state index contributed by atoms with van der Waals surface area (Å²) in [6, 6.07) is 8.49. The molecule has 188 valence electrons. The van der Waals surface area contributed by atoms with Gasteiger partial charge in [0.15, 0.2) is 0 Å². The molecule has 34 heavy (non-hydrogen) atoms. The molecule has 4 N–H and O–H groups in total. The lowest BCUT2D eigenvalue weighted by atomic mass is 10.1. The number of hydrogen-bond donors (Lipinski definition) is 4. The molecule has 0 saturated carbocycles. The van der Waals surface area contributed by atoms with Gasteiger partial charge in [-0.2, -0.15) is 0 Å². The molecule has 0 atom stereocenters. The molecule has 8 heteroatoms. The molecule has 2 rings (SSSR count). The maximum absolute atomic E-state index is 10.8. The Balaban J connectivity index is 0.000000350. The Kier molecular flexibility index (Phi) is 13.7. The van der Waals surface area contributed by atoms with Gasteiger partial charge in [0, 0.05) is 0 Å². The lowest BCUT2D eigenvalue weighted by Crippen LogP contribution is -2.01. The van der Waals surface area contributed by atoms with Gasteiger partial charge in [0.1, 0.15) is 34.1 Å². The summed E-state index contributed by atoms with van der Waals surface area (Å²) < 4.78 is 10.8. The van der Waals surface area contributed by atoms with Crippen LogP contribution in [0.5, 0.6) is 23.0 Å². The van der Waals surface area contributed by atoms with E-state index in [1.807, 2.05) is 6.92 Å². The zero-order valence-corrected chi connectivity index (χ0v) is 20.0. The number of rotatable bonds is 14. The van der Waals surface area contributed by atoms with Gasteiger partial charge in [-0.25, -0.2) is 9.59 Å². The largest absolute Gasteiger partial charge is 0.507 e. The third-order valence-corrected chi connectivity index (χ3v) is 4.93. The van der Waals surface area contributed by atoms with Crippen LogP contribution in [0, 0.1) is 0 Å². The lowest BCUT2D eigenvalue weighted by Gasteiger charge is -2.07. The van der Waals surface area contributed by atoms with Crippen molar-refractivity contribution in [2.45, 2.75) is 65.2 Å². The van der Waals surface area contributed by atoms with Crippen molar-refractivity contribution in [1.29, 1.82) is 0 Å². The van der Waals surface area contributed by atoms with E-state index in [2.05, 4.69) is 6.92 Å². The predicted molar refractivity (Wildman–Crippen MR) is 129 cm³/mol. The minimum atomic E-state index is -1.16. The zero-order valence-electron chi connectivity index (χ0n) is 20.0. The van der Waals surface area contributed by atoms with Crippen molar-refractivity contribution in [2.24, 2.45) is 0 Å². The monoisotopic (exact) mass is 476 g/mol. The molecule has 0 aromatic heterocycles. The summed E-state index contributed by atoms with van der Waals surface area (Å²) in [5, 5.41) is 36.2. The van der Waals surface area contributed by atoms with Crippen LogP contribution in [0.3, 0.4) is 0 Å². The number of carboxylic acid groups (broad SMARTS) is 2. The first-order valence-electron chi connectivity index (χ1n) is 11.7. The smallest absolute Gasteiger partial charge is 0.339 e. The number of ether oxygens (including phenoxy) is 2. The zero-order chi connectivity index (χ0) is 25.3. The Morgan fingerprint density at radius 2 is 1.06 bits per heavy atom. The van der Waals surface area contributed by atoms with Crippen LogP contribution in [0.2, 0.25) is 0 Å². The highest BCUT2D eigenvalue weighted by Crippen LogP contribution is 2.24. The second-order valence-corrected chi connectivity index (χ2v) is 7.79. The molecule has 0 aliphatic rings. The number of aromatic hydroxyl groups is 2. The number of aromatic carboxylic acids is 2. The van der Waals surface area contributed by atoms with Gasteiger partial charge in [-0.05, 0) is 49.2 Å². The van der Waals surface area contributed by atoms with E-state index in [0.29, 0.717) is 24.7 Å². The molecule has 0 amide bonds. The first kappa shape index (κ1) is 28.6. The molecule has 2 aromatic rings. The second kappa shape index (κ2) is 16.2. The van der Waals surface area contributed by atoms with E-state index in [-0.39, 0.29) is 22.6 Å². The number of benzene rings is 2. The van der Waals surface area contributed by atoms with Crippen LogP contribution in [0.15, 0.2) is 36.4 Å². The number of carboxylic acids is 2. The molecule has 0 fully saturated rings. The van der Waals surface area contributed by atoms with Crippen LogP contribution in [-0.4, -0.2) is 45.6 Å². The van der Waals surface area contributed by atoms with Crippen molar-refractivity contribution in [3.8, 4) is 23.0 Å². The molecule has 2 aromatic carbocycles. The Hall–Kier alpha value is -3.42. The maximum Gasteiger partial charge on any atom is 0.339 e. The van der Waals surface area contributed by atoms with Gasteiger partial charge < -0.3 is 29.9 Å². The predicted octanol–water partition coefficient (Wildman–Crippen LogP) is 6.10. The summed E-state index contributed by atoms with van der Waals surface area (Å²) in [7, 11) is 0. The molecule has 0 radical (unpaired) electrons. The molecule has 0 heterocycles. The van der Waals surface area contributed by atoms with Gasteiger partial charge in [-0.3, -0.25) is 0 Å². The van der Waals surface area contributed by atoms with Gasteiger partial charge in [0.05, 0.1) is 13.2 Å². The molecule has 0 aliphatic carbocycles. The average molecular weight is 477 g/mol. The van der Waals surface area contributed by atoms with Crippen molar-refractivity contribution < 1.29 is 39.5 Å². The fourth-order valence-corrected chi connectivity index (χ4v) is 2.96. The van der Waals surface area contributed by atoms with Gasteiger partial charge in [-0.15, -0.1) is 0 Å². The molecular formula is C26H36O8. The van der Waals surface area contributed by atoms with Crippen molar-refractivity contribution in [2.75, 3.05) is 13.2 Å². The SMILES string of the molecule is CCCCCCCCOc1ccc(O)c(C(=O)O)c1.CCCCOc1ccc(O)c(C(=O)O)c1. The van der Waals surface area contributed by atoms with E-state index >= 15 is 0 Å². The molecule has 0 aliphatic heterocycles. The maximum atomic E-state index is 10.8. The first-order chi connectivity index (χ1) is 16.3. The van der Waals surface area contributed by atoms with Gasteiger partial charge >= 0.3 is 11.9 Å². The van der Waals surface area contributed by atoms with Crippen molar-refractivity contribution >= 4 is 11.9 Å². The van der Waals surface area contributed by atoms with E-state index in [1.165, 1.54) is 49.9 Å². The summed E-state index contributed by atoms with van der Waals surface area (Å²) in [5.41, 5.74) is -0.260. The van der Waals surface area contributed by atoms with Crippen LogP contribution < -0.4 is 9.47 Å². The highest BCUT2D eigenvalue weighted by atomic mass is 16.5. The Bertz CT molecular complexity index is 894. The van der Waals surface area contributed by atoms with Crippen molar-refractivity contribution in [1.82, 2.24) is 0 Å². The normalized spacial score (nSPS) is 10.2. The lowest BCUT2D eigenvalue weighted by molar-refractivity contribution is 0.0682. The van der Waals surface area contributed by atoms with E-state index in [4.69, 9.17) is 19.7 Å². The quantitative estimate of drug-likeness (QED) is 0.240. The van der Waals surface area contributed by atoms with E-state index in [0.717, 1.165) is 25.7 Å². The van der Waals surface area contributed by atoms with Crippen LogP contribution in [0.1, 0.15) is 85.9 Å². The topological polar surface area (TPSA) is 134 Å². The van der Waals surface area contributed by atoms with Crippen molar-refractivity contribution in [3.05, 3.63) is 47.5 Å². The number of phenols is 2. The summed E-state index contributed by atoms with van der Waals surface area (Å²) >= 11 is 0. The number of unbranched alkanes of at least 4 members (excludes halogenated alkanes) is 6. The molecule has 0 saturated heterocycles. The molecule has 8 nitrogen and oxygen atoms in total. The Morgan fingerprint density at radius 1 is 0.647 bits per heavy atom. The van der Waals surface area contributed by atoms with E-state index in [9.17, 15) is 19.8 Å². The number of carbonyl (C=O) groups is 2. The third kappa shape index (κ3) is 10.9. The molecule has 0 spiro atoms. The first-order valence-corrected chi connectivity index (χ1v) is 11.7. The molecular weight excluding hydrogens is 440 g/mol. The highest BCUT2D eigenvalue weighted by Gasteiger charge is 2.11.